The number of nitrogens with zero attached hydrogens (tertiary/aromatic N) is 1. The summed E-state index contributed by atoms with van der Waals surface area (Å²) in [5.41, 5.74) is 2.51. The van der Waals surface area contributed by atoms with E-state index in [0.717, 1.165) is 26.8 Å². The molecule has 3 rings (SSSR count). The Balaban J connectivity index is 1.80. The second-order valence-electron chi connectivity index (χ2n) is 5.34. The highest BCUT2D eigenvalue weighted by Crippen LogP contribution is 2.31. The fourth-order valence-corrected chi connectivity index (χ4v) is 3.69. The number of nitrogens with one attached hydrogen (secondary N) is 1. The zero-order valence-corrected chi connectivity index (χ0v) is 15.8. The number of hydrogen-bond donors (Lipinski definition) is 1. The van der Waals surface area contributed by atoms with Gasteiger partial charge in [0, 0.05) is 20.9 Å². The SMILES string of the molecule is COc1ccc(-c2nc(NC(=O)c3cccc(SC)c3)sc2C)cc1. The standard InChI is InChI=1S/C19H18N2O2S2/c1-12-17(13-7-9-15(23-2)10-8-13)20-19(25-12)21-18(22)14-5-4-6-16(11-14)24-3/h4-11H,1-3H3,(H,20,21,22). The highest BCUT2D eigenvalue weighted by molar-refractivity contribution is 7.98. The Kier molecular flexibility index (Phi) is 5.40. The Labute approximate surface area is 155 Å². The lowest BCUT2D eigenvalue weighted by molar-refractivity contribution is 0.102. The molecule has 0 saturated heterocycles. The van der Waals surface area contributed by atoms with Gasteiger partial charge in [0.1, 0.15) is 5.75 Å². The molecule has 0 spiro atoms. The van der Waals surface area contributed by atoms with Crippen LogP contribution in [0.4, 0.5) is 5.13 Å². The molecule has 1 aromatic heterocycles. The first kappa shape index (κ1) is 17.5. The van der Waals surface area contributed by atoms with Crippen molar-refractivity contribution in [1.29, 1.82) is 0 Å². The van der Waals surface area contributed by atoms with Crippen molar-refractivity contribution in [2.24, 2.45) is 0 Å². The van der Waals surface area contributed by atoms with Crippen LogP contribution >= 0.6 is 23.1 Å². The fourth-order valence-electron chi connectivity index (χ4n) is 2.40. The van der Waals surface area contributed by atoms with Crippen LogP contribution in [0.15, 0.2) is 53.4 Å². The van der Waals surface area contributed by atoms with E-state index in [2.05, 4.69) is 10.3 Å². The number of ether oxygens (including phenoxy) is 1. The zero-order valence-electron chi connectivity index (χ0n) is 14.2. The first-order chi connectivity index (χ1) is 12.1. The van der Waals surface area contributed by atoms with Gasteiger partial charge < -0.3 is 4.74 Å². The Bertz CT molecular complexity index is 889. The average molecular weight is 370 g/mol. The Hall–Kier alpha value is -2.31. The number of aryl methyl sites for hydroxylation is 1. The molecule has 0 saturated carbocycles. The van der Waals surface area contributed by atoms with Crippen LogP contribution in [0.5, 0.6) is 5.75 Å². The smallest absolute Gasteiger partial charge is 0.257 e. The summed E-state index contributed by atoms with van der Waals surface area (Å²) in [7, 11) is 1.64. The minimum Gasteiger partial charge on any atom is -0.497 e. The van der Waals surface area contributed by atoms with Gasteiger partial charge in [0.2, 0.25) is 0 Å². The summed E-state index contributed by atoms with van der Waals surface area (Å²) in [5, 5.41) is 3.50. The second kappa shape index (κ2) is 7.72. The van der Waals surface area contributed by atoms with E-state index >= 15 is 0 Å². The number of rotatable bonds is 5. The molecule has 0 bridgehead atoms. The molecule has 0 atom stereocenters. The van der Waals surface area contributed by atoms with E-state index < -0.39 is 0 Å². The third-order valence-electron chi connectivity index (χ3n) is 3.71. The highest BCUT2D eigenvalue weighted by atomic mass is 32.2. The molecule has 3 aromatic rings. The number of aromatic nitrogens is 1. The van der Waals surface area contributed by atoms with Gasteiger partial charge in [0.05, 0.1) is 12.8 Å². The van der Waals surface area contributed by atoms with E-state index in [4.69, 9.17) is 4.74 Å². The van der Waals surface area contributed by atoms with Gasteiger partial charge in [0.15, 0.2) is 5.13 Å². The molecular weight excluding hydrogens is 352 g/mol. The average Bonchev–Trinajstić information content (AvgIpc) is 3.02. The third kappa shape index (κ3) is 4.03. The van der Waals surface area contributed by atoms with Crippen molar-refractivity contribution < 1.29 is 9.53 Å². The van der Waals surface area contributed by atoms with Crippen LogP contribution in [0.25, 0.3) is 11.3 Å². The van der Waals surface area contributed by atoms with Crippen LogP contribution in [-0.2, 0) is 0 Å². The summed E-state index contributed by atoms with van der Waals surface area (Å²) in [6.07, 6.45) is 1.99. The quantitative estimate of drug-likeness (QED) is 0.635. The third-order valence-corrected chi connectivity index (χ3v) is 5.32. The van der Waals surface area contributed by atoms with Crippen molar-refractivity contribution in [3.8, 4) is 17.0 Å². The summed E-state index contributed by atoms with van der Waals surface area (Å²) < 4.78 is 5.18. The predicted molar refractivity (Wildman–Crippen MR) is 105 cm³/mol. The van der Waals surface area contributed by atoms with E-state index in [0.29, 0.717) is 10.7 Å². The first-order valence-electron chi connectivity index (χ1n) is 7.68. The number of methoxy groups -OCH3 is 1. The molecule has 1 amide bonds. The molecule has 0 fully saturated rings. The maximum absolute atomic E-state index is 12.5. The Morgan fingerprint density at radius 1 is 1.20 bits per heavy atom. The molecule has 0 radical (unpaired) electrons. The molecule has 0 aliphatic rings. The second-order valence-corrected chi connectivity index (χ2v) is 7.42. The fraction of sp³-hybridized carbons (Fsp3) is 0.158. The van der Waals surface area contributed by atoms with Gasteiger partial charge in [-0.05, 0) is 55.6 Å². The summed E-state index contributed by atoms with van der Waals surface area (Å²) in [6.45, 7) is 2.00. The number of benzene rings is 2. The monoisotopic (exact) mass is 370 g/mol. The van der Waals surface area contributed by atoms with Gasteiger partial charge in [-0.2, -0.15) is 0 Å². The van der Waals surface area contributed by atoms with Crippen LogP contribution in [0.3, 0.4) is 0 Å². The molecule has 25 heavy (non-hydrogen) atoms. The van der Waals surface area contributed by atoms with Crippen molar-refractivity contribution in [2.45, 2.75) is 11.8 Å². The van der Waals surface area contributed by atoms with Crippen LogP contribution in [-0.4, -0.2) is 24.3 Å². The molecule has 4 nitrogen and oxygen atoms in total. The zero-order chi connectivity index (χ0) is 17.8. The number of amides is 1. The van der Waals surface area contributed by atoms with E-state index in [1.807, 2.05) is 55.6 Å². The number of thioether (sulfide) groups is 1. The Morgan fingerprint density at radius 3 is 2.64 bits per heavy atom. The molecule has 0 aliphatic carbocycles. The van der Waals surface area contributed by atoms with Gasteiger partial charge in [-0.3, -0.25) is 10.1 Å². The number of hydrogen-bond acceptors (Lipinski definition) is 5. The number of thiazole rings is 1. The maximum atomic E-state index is 12.5. The molecule has 0 unspecified atom stereocenters. The molecule has 1 heterocycles. The molecule has 2 aromatic carbocycles. The van der Waals surface area contributed by atoms with Gasteiger partial charge in [-0.1, -0.05) is 6.07 Å². The predicted octanol–water partition coefficient (Wildman–Crippen LogP) is 5.10. The molecule has 128 valence electrons. The van der Waals surface area contributed by atoms with Crippen molar-refractivity contribution in [3.63, 3.8) is 0 Å². The van der Waals surface area contributed by atoms with E-state index in [1.165, 1.54) is 11.3 Å². The minimum atomic E-state index is -0.147. The minimum absolute atomic E-state index is 0.147. The van der Waals surface area contributed by atoms with Crippen molar-refractivity contribution in [2.75, 3.05) is 18.7 Å². The summed E-state index contributed by atoms with van der Waals surface area (Å²) in [4.78, 5) is 19.1. The van der Waals surface area contributed by atoms with Gasteiger partial charge in [-0.25, -0.2) is 4.98 Å². The van der Waals surface area contributed by atoms with Gasteiger partial charge in [-0.15, -0.1) is 23.1 Å². The first-order valence-corrected chi connectivity index (χ1v) is 9.72. The topological polar surface area (TPSA) is 51.2 Å². The largest absolute Gasteiger partial charge is 0.497 e. The summed E-state index contributed by atoms with van der Waals surface area (Å²) in [6, 6.07) is 15.3. The van der Waals surface area contributed by atoms with Crippen molar-refractivity contribution in [3.05, 3.63) is 59.0 Å². The van der Waals surface area contributed by atoms with Crippen LogP contribution in [0.1, 0.15) is 15.2 Å². The van der Waals surface area contributed by atoms with Crippen LogP contribution < -0.4 is 10.1 Å². The number of carbonyl (C=O) groups excluding carboxylic acids is 1. The lowest BCUT2D eigenvalue weighted by Crippen LogP contribution is -2.11. The van der Waals surface area contributed by atoms with E-state index in [9.17, 15) is 4.79 Å². The molecule has 0 aliphatic heterocycles. The number of anilines is 1. The molecule has 6 heteroatoms. The summed E-state index contributed by atoms with van der Waals surface area (Å²) >= 11 is 3.08. The molecule has 1 N–H and O–H groups in total. The molecular formula is C19H18N2O2S2. The lowest BCUT2D eigenvalue weighted by Gasteiger charge is -2.03. The van der Waals surface area contributed by atoms with Crippen molar-refractivity contribution in [1.82, 2.24) is 4.98 Å². The summed E-state index contributed by atoms with van der Waals surface area (Å²) in [5.74, 6) is 0.657. The van der Waals surface area contributed by atoms with E-state index in [1.54, 1.807) is 24.9 Å². The van der Waals surface area contributed by atoms with Gasteiger partial charge >= 0.3 is 0 Å². The Morgan fingerprint density at radius 2 is 1.96 bits per heavy atom. The van der Waals surface area contributed by atoms with E-state index in [-0.39, 0.29) is 5.91 Å². The normalized spacial score (nSPS) is 10.5. The lowest BCUT2D eigenvalue weighted by atomic mass is 10.1. The van der Waals surface area contributed by atoms with Crippen molar-refractivity contribution >= 4 is 34.1 Å². The maximum Gasteiger partial charge on any atom is 0.257 e. The van der Waals surface area contributed by atoms with Gasteiger partial charge in [0.25, 0.3) is 5.91 Å². The number of carbonyl (C=O) groups is 1. The van der Waals surface area contributed by atoms with Crippen LogP contribution in [0.2, 0.25) is 0 Å². The highest BCUT2D eigenvalue weighted by Gasteiger charge is 2.13. The van der Waals surface area contributed by atoms with Crippen LogP contribution in [0, 0.1) is 6.92 Å².